The third kappa shape index (κ3) is 2.81. The number of carbonyl (C=O) groups excluding carboxylic acids is 1. The van der Waals surface area contributed by atoms with E-state index in [2.05, 4.69) is 43.3 Å². The second-order valence-electron chi connectivity index (χ2n) is 6.11. The predicted octanol–water partition coefficient (Wildman–Crippen LogP) is 3.71. The third-order valence-corrected chi connectivity index (χ3v) is 9.27. The molecule has 0 aliphatic heterocycles. The van der Waals surface area contributed by atoms with Crippen LogP contribution in [0.5, 0.6) is 0 Å². The monoisotopic (exact) mass is 333 g/mol. The molecule has 1 unspecified atom stereocenters. The van der Waals surface area contributed by atoms with Crippen LogP contribution in [0.4, 0.5) is 0 Å². The average molecular weight is 333 g/mol. The van der Waals surface area contributed by atoms with Crippen molar-refractivity contribution in [2.24, 2.45) is 5.92 Å². The fourth-order valence-corrected chi connectivity index (χ4v) is 8.03. The fraction of sp³-hybridized carbons (Fsp3) is 0.0909. The summed E-state index contributed by atoms with van der Waals surface area (Å²) in [5.41, 5.74) is 0.242. The zero-order chi connectivity index (χ0) is 17.0. The molecular weight excluding hydrogens is 311 g/mol. The molecule has 3 aromatic carbocycles. The van der Waals surface area contributed by atoms with Gasteiger partial charge < -0.3 is 0 Å². The quantitative estimate of drug-likeness (QED) is 0.651. The Morgan fingerprint density at radius 1 is 0.708 bits per heavy atom. The van der Waals surface area contributed by atoms with Gasteiger partial charge in [-0.05, 0) is 0 Å². The summed E-state index contributed by atoms with van der Waals surface area (Å²) in [6.45, 7) is 5.97. The first kappa shape index (κ1) is 16.6. The summed E-state index contributed by atoms with van der Waals surface area (Å²) in [5, 5.41) is 3.34. The van der Waals surface area contributed by atoms with Gasteiger partial charge in [0, 0.05) is 0 Å². The number of carbonyl (C=O) groups is 1. The van der Waals surface area contributed by atoms with E-state index in [-0.39, 0.29) is 11.4 Å². The van der Waals surface area contributed by atoms with Crippen molar-refractivity contribution >= 4 is 28.7 Å². The van der Waals surface area contributed by atoms with E-state index in [9.17, 15) is 4.79 Å². The van der Waals surface area contributed by atoms with Crippen LogP contribution >= 0.6 is 7.26 Å². The Bertz CT molecular complexity index is 698. The molecule has 0 fully saturated rings. The van der Waals surface area contributed by atoms with E-state index in [1.807, 2.05) is 61.5 Å². The van der Waals surface area contributed by atoms with Gasteiger partial charge in [0.05, 0.1) is 0 Å². The van der Waals surface area contributed by atoms with E-state index >= 15 is 0 Å². The molecule has 0 saturated carbocycles. The standard InChI is InChI=1S/C22H22OP/c1-18(2)22(23)24(19-12-6-3-7-13-19,20-14-8-4-9-15-20)21-16-10-5-11-17-21/h3-18,24H,1H2,2H3. The predicted molar refractivity (Wildman–Crippen MR) is 106 cm³/mol. The van der Waals surface area contributed by atoms with Gasteiger partial charge in [-0.15, -0.1) is 0 Å². The van der Waals surface area contributed by atoms with Crippen molar-refractivity contribution in [2.75, 3.05) is 0 Å². The van der Waals surface area contributed by atoms with Crippen molar-refractivity contribution in [3.8, 4) is 0 Å². The van der Waals surface area contributed by atoms with Gasteiger partial charge in [0.2, 0.25) is 0 Å². The molecule has 2 heteroatoms. The molecule has 121 valence electrons. The zero-order valence-electron chi connectivity index (χ0n) is 13.9. The molecule has 0 aromatic heterocycles. The topological polar surface area (TPSA) is 17.1 Å². The first-order valence-electron chi connectivity index (χ1n) is 8.21. The zero-order valence-corrected chi connectivity index (χ0v) is 14.9. The Morgan fingerprint density at radius 2 is 1.00 bits per heavy atom. The van der Waals surface area contributed by atoms with Crippen LogP contribution in [-0.2, 0) is 4.79 Å². The number of hydrogen-bond donors (Lipinski definition) is 0. The Morgan fingerprint density at radius 3 is 1.25 bits per heavy atom. The maximum absolute atomic E-state index is 13.6. The maximum atomic E-state index is 13.6. The van der Waals surface area contributed by atoms with Crippen molar-refractivity contribution in [1.82, 2.24) is 0 Å². The molecule has 0 spiro atoms. The van der Waals surface area contributed by atoms with Gasteiger partial charge in [-0.25, -0.2) is 0 Å². The van der Waals surface area contributed by atoms with E-state index in [4.69, 9.17) is 0 Å². The Balaban J connectivity index is 2.40. The van der Waals surface area contributed by atoms with Crippen molar-refractivity contribution < 1.29 is 4.79 Å². The fourth-order valence-electron chi connectivity index (χ4n) is 3.36. The summed E-state index contributed by atoms with van der Waals surface area (Å²) in [6.07, 6.45) is 0. The van der Waals surface area contributed by atoms with Crippen molar-refractivity contribution in [2.45, 2.75) is 6.92 Å². The van der Waals surface area contributed by atoms with Crippen molar-refractivity contribution in [3.05, 3.63) is 97.9 Å². The SMILES string of the molecule is [CH2]C(C)C(=O)[PH](c1ccccc1)(c1ccccc1)c1ccccc1. The molecule has 0 bridgehead atoms. The molecule has 0 saturated heterocycles. The summed E-state index contributed by atoms with van der Waals surface area (Å²) in [4.78, 5) is 13.6. The number of rotatable bonds is 5. The van der Waals surface area contributed by atoms with Gasteiger partial charge in [-0.1, -0.05) is 0 Å². The Labute approximate surface area is 144 Å². The molecule has 24 heavy (non-hydrogen) atoms. The molecule has 3 rings (SSSR count). The van der Waals surface area contributed by atoms with Crippen LogP contribution in [0.2, 0.25) is 0 Å². The second-order valence-corrected chi connectivity index (χ2v) is 9.84. The molecule has 0 N–H and O–H groups in total. The number of hydrogen-bond acceptors (Lipinski definition) is 1. The van der Waals surface area contributed by atoms with Crippen molar-refractivity contribution in [3.63, 3.8) is 0 Å². The first-order chi connectivity index (χ1) is 11.7. The molecule has 0 aliphatic rings. The van der Waals surface area contributed by atoms with E-state index < -0.39 is 7.26 Å². The van der Waals surface area contributed by atoms with E-state index in [0.717, 1.165) is 15.9 Å². The summed E-state index contributed by atoms with van der Waals surface area (Å²) in [7, 11) is -2.79. The molecule has 0 heterocycles. The molecule has 0 aliphatic carbocycles. The molecule has 0 amide bonds. The Kier molecular flexibility index (Phi) is 4.92. The van der Waals surface area contributed by atoms with Crippen LogP contribution in [0.3, 0.4) is 0 Å². The summed E-state index contributed by atoms with van der Waals surface area (Å²) < 4.78 is 0. The molecular formula is C22H22OP. The molecule has 3 aromatic rings. The molecule has 1 atom stereocenters. The van der Waals surface area contributed by atoms with Crippen LogP contribution in [0.15, 0.2) is 91.0 Å². The van der Waals surface area contributed by atoms with Crippen LogP contribution in [0, 0.1) is 12.8 Å². The van der Waals surface area contributed by atoms with E-state index in [1.54, 1.807) is 0 Å². The Hall–Kier alpha value is -2.24. The summed E-state index contributed by atoms with van der Waals surface area (Å²) in [5.74, 6) is -0.266. The van der Waals surface area contributed by atoms with Crippen molar-refractivity contribution in [1.29, 1.82) is 0 Å². The third-order valence-electron chi connectivity index (χ3n) is 4.44. The average Bonchev–Trinajstić information content (AvgIpc) is 2.65. The van der Waals surface area contributed by atoms with Gasteiger partial charge in [0.25, 0.3) is 0 Å². The normalized spacial score (nSPS) is 12.1. The van der Waals surface area contributed by atoms with Crippen LogP contribution in [0.25, 0.3) is 0 Å². The van der Waals surface area contributed by atoms with Gasteiger partial charge >= 0.3 is 144 Å². The summed E-state index contributed by atoms with van der Waals surface area (Å²) >= 11 is 0. The van der Waals surface area contributed by atoms with Gasteiger partial charge in [0.15, 0.2) is 0 Å². The molecule has 1 radical (unpaired) electrons. The van der Waals surface area contributed by atoms with E-state index in [1.165, 1.54) is 0 Å². The second kappa shape index (κ2) is 7.11. The van der Waals surface area contributed by atoms with Gasteiger partial charge in [-0.3, -0.25) is 0 Å². The first-order valence-corrected chi connectivity index (χ1v) is 10.2. The van der Waals surface area contributed by atoms with Gasteiger partial charge in [0.1, 0.15) is 0 Å². The minimum atomic E-state index is -2.79. The van der Waals surface area contributed by atoms with Crippen LogP contribution in [0.1, 0.15) is 6.92 Å². The number of benzene rings is 3. The molecule has 1 nitrogen and oxygen atoms in total. The summed E-state index contributed by atoms with van der Waals surface area (Å²) in [6, 6.07) is 30.6. The van der Waals surface area contributed by atoms with Crippen LogP contribution in [-0.4, -0.2) is 5.52 Å². The van der Waals surface area contributed by atoms with E-state index in [0.29, 0.717) is 0 Å². The van der Waals surface area contributed by atoms with Gasteiger partial charge in [-0.2, -0.15) is 0 Å². The van der Waals surface area contributed by atoms with Crippen LogP contribution < -0.4 is 15.9 Å². The minimum absolute atomic E-state index is 0.242.